The first kappa shape index (κ1) is 39.5. The fourth-order valence-corrected chi connectivity index (χ4v) is 9.15. The van der Waals surface area contributed by atoms with Crippen LogP contribution in [0.2, 0.25) is 0 Å². The van der Waals surface area contributed by atoms with Crippen LogP contribution in [0.4, 0.5) is 11.4 Å². The van der Waals surface area contributed by atoms with E-state index >= 15 is 0 Å². The van der Waals surface area contributed by atoms with Gasteiger partial charge in [-0.1, -0.05) is 65.5 Å². The Kier molecular flexibility index (Phi) is 15.4. The summed E-state index contributed by atoms with van der Waals surface area (Å²) in [6, 6.07) is 13.8. The third-order valence-corrected chi connectivity index (χ3v) is 12.3. The maximum atomic E-state index is 13.2. The third-order valence-electron chi connectivity index (χ3n) is 8.73. The zero-order valence-electron chi connectivity index (χ0n) is 29.6. The van der Waals surface area contributed by atoms with E-state index in [1.165, 1.54) is 17.9 Å². The van der Waals surface area contributed by atoms with Crippen LogP contribution in [-0.4, -0.2) is 52.6 Å². The highest BCUT2D eigenvalue weighted by atomic mass is 32.2. The third kappa shape index (κ3) is 12.2. The Morgan fingerprint density at radius 2 is 1.10 bits per heavy atom. The number of thioether (sulfide) groups is 2. The summed E-state index contributed by atoms with van der Waals surface area (Å²) >= 11 is 4.17. The lowest BCUT2D eigenvalue weighted by Gasteiger charge is -2.37. The molecule has 0 aliphatic carbocycles. The predicted octanol–water partition coefficient (Wildman–Crippen LogP) is 9.36. The van der Waals surface area contributed by atoms with Crippen molar-refractivity contribution in [2.24, 2.45) is 10.8 Å². The molecule has 10 heteroatoms. The van der Waals surface area contributed by atoms with E-state index in [1.807, 2.05) is 27.7 Å². The molecule has 0 spiro atoms. The Labute approximate surface area is 295 Å². The number of benzene rings is 2. The second-order valence-electron chi connectivity index (χ2n) is 13.7. The lowest BCUT2D eigenvalue weighted by atomic mass is 9.85. The van der Waals surface area contributed by atoms with E-state index in [-0.39, 0.29) is 15.9 Å². The van der Waals surface area contributed by atoms with Gasteiger partial charge in [-0.25, -0.2) is 9.59 Å². The van der Waals surface area contributed by atoms with E-state index in [4.69, 9.17) is 9.47 Å². The Balaban J connectivity index is 1.46. The minimum atomic E-state index is -0.549. The molecule has 0 bridgehead atoms. The number of ether oxygens (including phenoxy) is 2. The highest BCUT2D eigenvalue weighted by Gasteiger charge is 2.34. The summed E-state index contributed by atoms with van der Waals surface area (Å²) in [6.07, 6.45) is 8.98. The molecular formula is C38H54N2O6S2. The van der Waals surface area contributed by atoms with Crippen molar-refractivity contribution >= 4 is 58.7 Å². The average Bonchev–Trinajstić information content (AvgIpc) is 3.06. The highest BCUT2D eigenvalue weighted by Crippen LogP contribution is 2.49. The average molecular weight is 699 g/mol. The van der Waals surface area contributed by atoms with Gasteiger partial charge in [0.15, 0.2) is 0 Å². The normalized spacial score (nSPS) is 14.5. The van der Waals surface area contributed by atoms with Gasteiger partial charge >= 0.3 is 11.9 Å². The van der Waals surface area contributed by atoms with Crippen LogP contribution >= 0.6 is 23.5 Å². The van der Waals surface area contributed by atoms with Crippen LogP contribution in [0.1, 0.15) is 120 Å². The number of hydrogen-bond acceptors (Lipinski definition) is 8. The molecule has 1 aliphatic heterocycles. The van der Waals surface area contributed by atoms with Gasteiger partial charge in [0.1, 0.15) is 0 Å². The molecule has 264 valence electrons. The maximum absolute atomic E-state index is 13.2. The highest BCUT2D eigenvalue weighted by molar-refractivity contribution is 8.18. The first-order valence-corrected chi connectivity index (χ1v) is 19.2. The van der Waals surface area contributed by atoms with Gasteiger partial charge in [-0.05, 0) is 93.9 Å². The van der Waals surface area contributed by atoms with Gasteiger partial charge in [-0.3, -0.25) is 9.59 Å². The molecule has 0 radical (unpaired) electrons. The van der Waals surface area contributed by atoms with E-state index < -0.39 is 22.8 Å². The summed E-state index contributed by atoms with van der Waals surface area (Å²) in [6.45, 7) is 12.1. The summed E-state index contributed by atoms with van der Waals surface area (Å²) in [7, 11) is 0. The summed E-state index contributed by atoms with van der Waals surface area (Å²) in [4.78, 5) is 50.6. The van der Waals surface area contributed by atoms with Crippen LogP contribution in [0.15, 0.2) is 48.5 Å². The molecule has 2 aromatic carbocycles. The van der Waals surface area contributed by atoms with Crippen molar-refractivity contribution in [3.63, 3.8) is 0 Å². The molecule has 48 heavy (non-hydrogen) atoms. The monoisotopic (exact) mass is 698 g/mol. The topological polar surface area (TPSA) is 111 Å². The fraction of sp³-hybridized carbons (Fsp3) is 0.579. The number of hydrogen-bond donors (Lipinski definition) is 2. The van der Waals surface area contributed by atoms with E-state index in [1.54, 1.807) is 62.4 Å². The second kappa shape index (κ2) is 18.7. The van der Waals surface area contributed by atoms with Crippen molar-refractivity contribution in [3.8, 4) is 0 Å². The van der Waals surface area contributed by atoms with E-state index in [0.717, 1.165) is 51.4 Å². The van der Waals surface area contributed by atoms with E-state index in [2.05, 4.69) is 34.2 Å². The minimum Gasteiger partial charge on any atom is -0.462 e. The molecule has 1 saturated heterocycles. The van der Waals surface area contributed by atoms with Gasteiger partial charge in [0.05, 0.1) is 28.4 Å². The van der Waals surface area contributed by atoms with Crippen molar-refractivity contribution < 1.29 is 28.7 Å². The molecule has 1 heterocycles. The van der Waals surface area contributed by atoms with Gasteiger partial charge < -0.3 is 20.1 Å². The SMILES string of the molecule is CCOC(=O)c1cccc(NC(=O)C(C)(C)CCCCC2(CCCCC(C)(C)C(=O)Nc3cccc(C(=O)OCC)c3)SCCCS2)c1. The number of carbonyl (C=O) groups excluding carboxylic acids is 4. The molecule has 1 fully saturated rings. The van der Waals surface area contributed by atoms with Crippen LogP contribution in [-0.2, 0) is 19.1 Å². The molecule has 0 unspecified atom stereocenters. The van der Waals surface area contributed by atoms with Crippen molar-refractivity contribution in [1.82, 2.24) is 0 Å². The largest absolute Gasteiger partial charge is 0.462 e. The predicted molar refractivity (Wildman–Crippen MR) is 199 cm³/mol. The fourth-order valence-electron chi connectivity index (χ4n) is 5.66. The summed E-state index contributed by atoms with van der Waals surface area (Å²) in [5.74, 6) is 1.43. The van der Waals surface area contributed by atoms with Gasteiger partial charge in [0.25, 0.3) is 0 Å². The van der Waals surface area contributed by atoms with Crippen LogP contribution in [0.5, 0.6) is 0 Å². The first-order valence-electron chi connectivity index (χ1n) is 17.3. The number of rotatable bonds is 18. The molecular weight excluding hydrogens is 645 g/mol. The lowest BCUT2D eigenvalue weighted by Crippen LogP contribution is -2.31. The second-order valence-corrected chi connectivity index (χ2v) is 16.9. The molecule has 1 aliphatic rings. The van der Waals surface area contributed by atoms with Crippen molar-refractivity contribution in [1.29, 1.82) is 0 Å². The quantitative estimate of drug-likeness (QED) is 0.117. The van der Waals surface area contributed by atoms with E-state index in [9.17, 15) is 19.2 Å². The Morgan fingerprint density at radius 3 is 1.50 bits per heavy atom. The van der Waals surface area contributed by atoms with Crippen molar-refractivity contribution in [3.05, 3.63) is 59.7 Å². The number of unbranched alkanes of at least 4 members (excludes halogenated alkanes) is 2. The minimum absolute atomic E-state index is 0.0574. The van der Waals surface area contributed by atoms with Gasteiger partial charge in [-0.15, -0.1) is 23.5 Å². The van der Waals surface area contributed by atoms with Gasteiger partial charge in [-0.2, -0.15) is 0 Å². The summed E-state index contributed by atoms with van der Waals surface area (Å²) in [5.41, 5.74) is 0.932. The Morgan fingerprint density at radius 1 is 0.688 bits per heavy atom. The van der Waals surface area contributed by atoms with Crippen molar-refractivity contribution in [2.45, 2.75) is 103 Å². The zero-order valence-corrected chi connectivity index (χ0v) is 31.2. The van der Waals surface area contributed by atoms with Crippen LogP contribution in [0, 0.1) is 10.8 Å². The molecule has 0 atom stereocenters. The molecule has 0 saturated carbocycles. The van der Waals surface area contributed by atoms with E-state index in [0.29, 0.717) is 35.7 Å². The van der Waals surface area contributed by atoms with Gasteiger partial charge in [0, 0.05) is 22.2 Å². The van der Waals surface area contributed by atoms with Gasteiger partial charge in [0.2, 0.25) is 11.8 Å². The number of nitrogens with one attached hydrogen (secondary N) is 2. The smallest absolute Gasteiger partial charge is 0.338 e. The number of anilines is 2. The summed E-state index contributed by atoms with van der Waals surface area (Å²) in [5, 5.41) is 5.99. The number of carbonyl (C=O) groups is 4. The standard InChI is InChI=1S/C38H54N2O6S2/c1-7-45-32(41)28-16-13-18-30(26-28)39-34(43)36(3,4)20-9-11-22-38(47-24-15-25-48-38)23-12-10-21-37(5,6)35(44)40-31-19-14-17-29(27-31)33(42)46-8-2/h13-14,16-19,26-27H,7-12,15,20-25H2,1-6H3,(H,39,43)(H,40,44). The lowest BCUT2D eigenvalue weighted by molar-refractivity contribution is -0.125. The molecule has 2 aromatic rings. The Bertz CT molecular complexity index is 1290. The van der Waals surface area contributed by atoms with Crippen LogP contribution < -0.4 is 10.6 Å². The van der Waals surface area contributed by atoms with Crippen LogP contribution in [0.25, 0.3) is 0 Å². The molecule has 3 rings (SSSR count). The Hall–Kier alpha value is -2.98. The molecule has 0 aromatic heterocycles. The molecule has 2 N–H and O–H groups in total. The number of amides is 2. The van der Waals surface area contributed by atoms with Crippen LogP contribution in [0.3, 0.4) is 0 Å². The maximum Gasteiger partial charge on any atom is 0.338 e. The molecule has 8 nitrogen and oxygen atoms in total. The summed E-state index contributed by atoms with van der Waals surface area (Å²) < 4.78 is 10.4. The zero-order chi connectivity index (χ0) is 35.2. The molecule has 2 amide bonds. The first-order chi connectivity index (χ1) is 22.8. The van der Waals surface area contributed by atoms with Crippen molar-refractivity contribution in [2.75, 3.05) is 35.4 Å². The number of esters is 2.